The van der Waals surface area contributed by atoms with Gasteiger partial charge in [0.1, 0.15) is 17.4 Å². The number of rotatable bonds is 8. The molecule has 2 aromatic rings. The minimum absolute atomic E-state index is 0.0265. The van der Waals surface area contributed by atoms with Gasteiger partial charge in [-0.3, -0.25) is 19.8 Å². The van der Waals surface area contributed by atoms with E-state index in [-0.39, 0.29) is 30.8 Å². The predicted octanol–water partition coefficient (Wildman–Crippen LogP) is 3.37. The number of hydrogen-bond acceptors (Lipinski definition) is 5. The lowest BCUT2D eigenvalue weighted by Crippen LogP contribution is -2.39. The quantitative estimate of drug-likeness (QED) is 0.729. The van der Waals surface area contributed by atoms with Crippen molar-refractivity contribution in [3.8, 4) is 6.07 Å². The SMILES string of the molecule is CCCN(CC(=O)Nc1ccccc1C)CC(=O)Nc1oc(C)c(C)c1C#N. The molecular weight excluding hydrogens is 356 g/mol. The fourth-order valence-corrected chi connectivity index (χ4v) is 2.86. The maximum absolute atomic E-state index is 12.4. The minimum atomic E-state index is -0.331. The molecule has 0 aliphatic rings. The molecule has 7 nitrogen and oxygen atoms in total. The zero-order valence-corrected chi connectivity index (χ0v) is 16.8. The van der Waals surface area contributed by atoms with Gasteiger partial charge in [0.05, 0.1) is 13.1 Å². The van der Waals surface area contributed by atoms with E-state index >= 15 is 0 Å². The molecule has 2 rings (SSSR count). The van der Waals surface area contributed by atoms with Crippen molar-refractivity contribution in [1.29, 1.82) is 5.26 Å². The molecule has 2 N–H and O–H groups in total. The minimum Gasteiger partial charge on any atom is -0.444 e. The number of amides is 2. The van der Waals surface area contributed by atoms with Crippen LogP contribution in [0.2, 0.25) is 0 Å². The molecule has 0 aliphatic carbocycles. The second kappa shape index (κ2) is 9.72. The summed E-state index contributed by atoms with van der Waals surface area (Å²) in [5.41, 5.74) is 2.77. The van der Waals surface area contributed by atoms with Crippen molar-refractivity contribution < 1.29 is 14.0 Å². The second-order valence-corrected chi connectivity index (χ2v) is 6.72. The fourth-order valence-electron chi connectivity index (χ4n) is 2.86. The maximum Gasteiger partial charge on any atom is 0.240 e. The summed E-state index contributed by atoms with van der Waals surface area (Å²) in [4.78, 5) is 26.6. The fraction of sp³-hybridized carbons (Fsp3) is 0.381. The van der Waals surface area contributed by atoms with Crippen molar-refractivity contribution in [1.82, 2.24) is 4.90 Å². The van der Waals surface area contributed by atoms with Crippen molar-refractivity contribution in [3.63, 3.8) is 0 Å². The van der Waals surface area contributed by atoms with E-state index < -0.39 is 0 Å². The summed E-state index contributed by atoms with van der Waals surface area (Å²) in [5, 5.41) is 14.8. The lowest BCUT2D eigenvalue weighted by molar-refractivity contribution is -0.120. The highest BCUT2D eigenvalue weighted by atomic mass is 16.4. The number of carbonyl (C=O) groups is 2. The van der Waals surface area contributed by atoms with Crippen LogP contribution in [0, 0.1) is 32.1 Å². The van der Waals surface area contributed by atoms with E-state index in [1.165, 1.54) is 0 Å². The van der Waals surface area contributed by atoms with E-state index in [0.717, 1.165) is 17.7 Å². The number of benzene rings is 1. The molecule has 1 aromatic heterocycles. The molecule has 0 saturated heterocycles. The first-order chi connectivity index (χ1) is 13.3. The van der Waals surface area contributed by atoms with Gasteiger partial charge in [-0.25, -0.2) is 0 Å². The first kappa shape index (κ1) is 21.2. The molecule has 0 spiro atoms. The van der Waals surface area contributed by atoms with Crippen LogP contribution in [0.1, 0.15) is 35.8 Å². The van der Waals surface area contributed by atoms with E-state index in [0.29, 0.717) is 23.4 Å². The van der Waals surface area contributed by atoms with Crippen LogP contribution in [0.3, 0.4) is 0 Å². The molecule has 0 unspecified atom stereocenters. The number of nitrogens with one attached hydrogen (secondary N) is 2. The lowest BCUT2D eigenvalue weighted by Gasteiger charge is -2.20. The Labute approximate surface area is 165 Å². The predicted molar refractivity (Wildman–Crippen MR) is 108 cm³/mol. The molecule has 0 radical (unpaired) electrons. The number of para-hydroxylation sites is 1. The normalized spacial score (nSPS) is 10.6. The zero-order valence-electron chi connectivity index (χ0n) is 16.8. The van der Waals surface area contributed by atoms with Crippen molar-refractivity contribution in [2.24, 2.45) is 0 Å². The van der Waals surface area contributed by atoms with Gasteiger partial charge in [-0.15, -0.1) is 0 Å². The third-order valence-corrected chi connectivity index (χ3v) is 4.44. The van der Waals surface area contributed by atoms with Crippen molar-refractivity contribution in [2.45, 2.75) is 34.1 Å². The number of furan rings is 1. The van der Waals surface area contributed by atoms with E-state index in [1.807, 2.05) is 44.2 Å². The summed E-state index contributed by atoms with van der Waals surface area (Å²) in [7, 11) is 0. The van der Waals surface area contributed by atoms with Crippen molar-refractivity contribution >= 4 is 23.4 Å². The number of anilines is 2. The van der Waals surface area contributed by atoms with Gasteiger partial charge in [0.25, 0.3) is 0 Å². The van der Waals surface area contributed by atoms with Gasteiger partial charge in [-0.05, 0) is 45.4 Å². The number of hydrogen-bond donors (Lipinski definition) is 2. The highest BCUT2D eigenvalue weighted by molar-refractivity contribution is 5.95. The Morgan fingerprint density at radius 1 is 1.11 bits per heavy atom. The van der Waals surface area contributed by atoms with Gasteiger partial charge in [0.2, 0.25) is 17.7 Å². The van der Waals surface area contributed by atoms with E-state index in [2.05, 4.69) is 10.6 Å². The first-order valence-electron chi connectivity index (χ1n) is 9.23. The number of carbonyl (C=O) groups excluding carboxylic acids is 2. The Morgan fingerprint density at radius 3 is 2.36 bits per heavy atom. The summed E-state index contributed by atoms with van der Waals surface area (Å²) in [6.07, 6.45) is 0.799. The Bertz CT molecular complexity index is 896. The Morgan fingerprint density at radius 2 is 1.75 bits per heavy atom. The Kier molecular flexibility index (Phi) is 7.36. The topological polar surface area (TPSA) is 98.4 Å². The maximum atomic E-state index is 12.4. The number of nitrogens with zero attached hydrogens (tertiary/aromatic N) is 2. The molecular formula is C21H26N4O3. The third kappa shape index (κ3) is 5.44. The van der Waals surface area contributed by atoms with Gasteiger partial charge in [-0.2, -0.15) is 5.26 Å². The number of nitriles is 1. The average Bonchev–Trinajstić information content (AvgIpc) is 2.90. The second-order valence-electron chi connectivity index (χ2n) is 6.72. The van der Waals surface area contributed by atoms with Crippen LogP contribution < -0.4 is 10.6 Å². The summed E-state index contributed by atoms with van der Waals surface area (Å²) < 4.78 is 5.47. The molecule has 0 aliphatic heterocycles. The molecule has 0 atom stereocenters. The molecule has 0 saturated carbocycles. The Balaban J connectivity index is 1.99. The van der Waals surface area contributed by atoms with Gasteiger partial charge in [-0.1, -0.05) is 25.1 Å². The average molecular weight is 382 g/mol. The smallest absolute Gasteiger partial charge is 0.240 e. The van der Waals surface area contributed by atoms with Crippen LogP contribution >= 0.6 is 0 Å². The van der Waals surface area contributed by atoms with Crippen LogP contribution in [0.5, 0.6) is 0 Å². The third-order valence-electron chi connectivity index (χ3n) is 4.44. The highest BCUT2D eigenvalue weighted by Gasteiger charge is 2.19. The van der Waals surface area contributed by atoms with Gasteiger partial charge >= 0.3 is 0 Å². The van der Waals surface area contributed by atoms with Crippen LogP contribution in [-0.4, -0.2) is 36.3 Å². The van der Waals surface area contributed by atoms with E-state index in [1.54, 1.807) is 18.7 Å². The van der Waals surface area contributed by atoms with Crippen molar-refractivity contribution in [3.05, 3.63) is 46.7 Å². The summed E-state index contributed by atoms with van der Waals surface area (Å²) in [6, 6.07) is 9.58. The summed E-state index contributed by atoms with van der Waals surface area (Å²) >= 11 is 0. The molecule has 1 heterocycles. The zero-order chi connectivity index (χ0) is 20.7. The monoisotopic (exact) mass is 382 g/mol. The van der Waals surface area contributed by atoms with Crippen LogP contribution in [0.25, 0.3) is 0 Å². The lowest BCUT2D eigenvalue weighted by atomic mass is 10.2. The highest BCUT2D eigenvalue weighted by Crippen LogP contribution is 2.25. The Hall–Kier alpha value is -3.11. The standard InChI is InChI=1S/C21H26N4O3/c1-5-10-25(12-19(26)23-18-9-7-6-8-14(18)2)13-20(27)24-21-17(11-22)15(3)16(4)28-21/h6-9H,5,10,12-13H2,1-4H3,(H,23,26)(H,24,27). The van der Waals surface area contributed by atoms with Crippen LogP contribution in [0.15, 0.2) is 28.7 Å². The van der Waals surface area contributed by atoms with E-state index in [9.17, 15) is 14.9 Å². The molecule has 28 heavy (non-hydrogen) atoms. The molecule has 1 aromatic carbocycles. The first-order valence-corrected chi connectivity index (χ1v) is 9.23. The van der Waals surface area contributed by atoms with Gasteiger partial charge < -0.3 is 9.73 Å². The molecule has 7 heteroatoms. The largest absolute Gasteiger partial charge is 0.444 e. The molecule has 2 amide bonds. The van der Waals surface area contributed by atoms with Crippen LogP contribution in [-0.2, 0) is 9.59 Å². The summed E-state index contributed by atoms with van der Waals surface area (Å²) in [5.74, 6) is 0.235. The van der Waals surface area contributed by atoms with Crippen LogP contribution in [0.4, 0.5) is 11.6 Å². The van der Waals surface area contributed by atoms with E-state index in [4.69, 9.17) is 4.42 Å². The van der Waals surface area contributed by atoms with Gasteiger partial charge in [0, 0.05) is 11.3 Å². The molecule has 0 fully saturated rings. The summed E-state index contributed by atoms with van der Waals surface area (Å²) in [6.45, 7) is 8.13. The van der Waals surface area contributed by atoms with Crippen molar-refractivity contribution in [2.75, 3.05) is 30.3 Å². The molecule has 0 bridgehead atoms. The number of aryl methyl sites for hydroxylation is 2. The van der Waals surface area contributed by atoms with Gasteiger partial charge in [0.15, 0.2) is 0 Å². The molecule has 148 valence electrons.